The standard InChI is InChI=1S/C16H20ClN3/c1-20(15-4-2-3-11(15)10-18)16-7-8-19-14-9-12(17)5-6-13(14)16/h5-9,11,15H,2-4,10,18H2,1H3. The summed E-state index contributed by atoms with van der Waals surface area (Å²) >= 11 is 6.05. The number of aromatic nitrogens is 1. The number of nitrogens with two attached hydrogens (primary N) is 1. The molecule has 1 fully saturated rings. The quantitative estimate of drug-likeness (QED) is 0.941. The van der Waals surface area contributed by atoms with Crippen molar-refractivity contribution in [1.82, 2.24) is 4.98 Å². The van der Waals surface area contributed by atoms with Crippen molar-refractivity contribution in [3.63, 3.8) is 0 Å². The summed E-state index contributed by atoms with van der Waals surface area (Å²) in [4.78, 5) is 6.79. The maximum atomic E-state index is 6.05. The second-order valence-electron chi connectivity index (χ2n) is 5.60. The second-order valence-corrected chi connectivity index (χ2v) is 6.03. The fraction of sp³-hybridized carbons (Fsp3) is 0.438. The zero-order valence-corrected chi connectivity index (χ0v) is 12.5. The van der Waals surface area contributed by atoms with Crippen LogP contribution in [0.4, 0.5) is 5.69 Å². The van der Waals surface area contributed by atoms with Gasteiger partial charge in [0.05, 0.1) is 5.52 Å². The first-order valence-electron chi connectivity index (χ1n) is 7.18. The first-order valence-corrected chi connectivity index (χ1v) is 7.55. The molecule has 3 rings (SSSR count). The van der Waals surface area contributed by atoms with E-state index < -0.39 is 0 Å². The molecule has 1 aromatic heterocycles. The van der Waals surface area contributed by atoms with Crippen LogP contribution >= 0.6 is 11.6 Å². The fourth-order valence-electron chi connectivity index (χ4n) is 3.39. The molecule has 20 heavy (non-hydrogen) atoms. The van der Waals surface area contributed by atoms with E-state index in [-0.39, 0.29) is 0 Å². The molecule has 106 valence electrons. The topological polar surface area (TPSA) is 42.2 Å². The fourth-order valence-corrected chi connectivity index (χ4v) is 3.56. The number of hydrogen-bond donors (Lipinski definition) is 1. The Morgan fingerprint density at radius 1 is 1.35 bits per heavy atom. The molecule has 2 atom stereocenters. The zero-order valence-electron chi connectivity index (χ0n) is 11.7. The van der Waals surface area contributed by atoms with Crippen molar-refractivity contribution in [2.45, 2.75) is 25.3 Å². The van der Waals surface area contributed by atoms with Gasteiger partial charge in [0.2, 0.25) is 0 Å². The van der Waals surface area contributed by atoms with Gasteiger partial charge in [0.25, 0.3) is 0 Å². The highest BCUT2D eigenvalue weighted by atomic mass is 35.5. The average molecular weight is 290 g/mol. The van der Waals surface area contributed by atoms with E-state index in [1.165, 1.54) is 24.9 Å². The molecule has 2 aromatic rings. The molecule has 1 aliphatic rings. The summed E-state index contributed by atoms with van der Waals surface area (Å²) in [7, 11) is 2.17. The van der Waals surface area contributed by atoms with Gasteiger partial charge in [0, 0.05) is 35.4 Å². The van der Waals surface area contributed by atoms with Gasteiger partial charge < -0.3 is 10.6 Å². The lowest BCUT2D eigenvalue weighted by molar-refractivity contribution is 0.475. The molecule has 4 heteroatoms. The van der Waals surface area contributed by atoms with Crippen LogP contribution in [-0.2, 0) is 0 Å². The van der Waals surface area contributed by atoms with Crippen molar-refractivity contribution in [3.05, 3.63) is 35.5 Å². The average Bonchev–Trinajstić information content (AvgIpc) is 2.94. The minimum atomic E-state index is 0.529. The number of fused-ring (bicyclic) bond motifs is 1. The van der Waals surface area contributed by atoms with Crippen molar-refractivity contribution >= 4 is 28.2 Å². The first-order chi connectivity index (χ1) is 9.70. The highest BCUT2D eigenvalue weighted by Crippen LogP contribution is 2.34. The predicted octanol–water partition coefficient (Wildman–Crippen LogP) is 3.45. The molecule has 0 amide bonds. The van der Waals surface area contributed by atoms with Gasteiger partial charge in [-0.2, -0.15) is 0 Å². The Balaban J connectivity index is 2.01. The molecule has 2 unspecified atom stereocenters. The minimum Gasteiger partial charge on any atom is -0.371 e. The summed E-state index contributed by atoms with van der Waals surface area (Å²) in [6.07, 6.45) is 5.58. The number of nitrogens with zero attached hydrogens (tertiary/aromatic N) is 2. The van der Waals surface area contributed by atoms with Crippen LogP contribution in [0.5, 0.6) is 0 Å². The van der Waals surface area contributed by atoms with E-state index in [4.69, 9.17) is 17.3 Å². The summed E-state index contributed by atoms with van der Waals surface area (Å²) < 4.78 is 0. The van der Waals surface area contributed by atoms with Crippen LogP contribution in [-0.4, -0.2) is 24.6 Å². The first kappa shape index (κ1) is 13.7. The molecule has 0 radical (unpaired) electrons. The molecule has 0 spiro atoms. The monoisotopic (exact) mass is 289 g/mol. The van der Waals surface area contributed by atoms with Gasteiger partial charge in [-0.05, 0) is 49.6 Å². The van der Waals surface area contributed by atoms with Gasteiger partial charge in [0.15, 0.2) is 0 Å². The Bertz CT molecular complexity index is 614. The number of halogens is 1. The van der Waals surface area contributed by atoms with E-state index in [1.807, 2.05) is 18.3 Å². The highest BCUT2D eigenvalue weighted by Gasteiger charge is 2.30. The van der Waals surface area contributed by atoms with E-state index in [0.717, 1.165) is 22.5 Å². The molecule has 0 bridgehead atoms. The van der Waals surface area contributed by atoms with E-state index in [1.54, 1.807) is 0 Å². The minimum absolute atomic E-state index is 0.529. The Kier molecular flexibility index (Phi) is 3.81. The molecule has 1 heterocycles. The van der Waals surface area contributed by atoms with E-state index in [9.17, 15) is 0 Å². The van der Waals surface area contributed by atoms with Gasteiger partial charge in [-0.15, -0.1) is 0 Å². The van der Waals surface area contributed by atoms with Gasteiger partial charge in [-0.3, -0.25) is 4.98 Å². The van der Waals surface area contributed by atoms with Gasteiger partial charge in [-0.25, -0.2) is 0 Å². The van der Waals surface area contributed by atoms with Crippen molar-refractivity contribution in [1.29, 1.82) is 0 Å². The number of rotatable bonds is 3. The Morgan fingerprint density at radius 3 is 3.00 bits per heavy atom. The summed E-state index contributed by atoms with van der Waals surface area (Å²) in [5.41, 5.74) is 8.08. The van der Waals surface area contributed by atoms with Crippen molar-refractivity contribution < 1.29 is 0 Å². The van der Waals surface area contributed by atoms with Crippen LogP contribution in [0, 0.1) is 5.92 Å². The van der Waals surface area contributed by atoms with E-state index in [0.29, 0.717) is 12.0 Å². The molecule has 1 saturated carbocycles. The molecule has 0 saturated heterocycles. The van der Waals surface area contributed by atoms with Crippen LogP contribution in [0.3, 0.4) is 0 Å². The molecule has 2 N–H and O–H groups in total. The van der Waals surface area contributed by atoms with E-state index >= 15 is 0 Å². The summed E-state index contributed by atoms with van der Waals surface area (Å²) in [6.45, 7) is 0.768. The van der Waals surface area contributed by atoms with E-state index in [2.05, 4.69) is 29.1 Å². The lowest BCUT2D eigenvalue weighted by atomic mass is 10.0. The lowest BCUT2D eigenvalue weighted by Crippen LogP contribution is -2.37. The highest BCUT2D eigenvalue weighted by molar-refractivity contribution is 6.31. The third-order valence-electron chi connectivity index (χ3n) is 4.48. The van der Waals surface area contributed by atoms with Crippen LogP contribution in [0.2, 0.25) is 5.02 Å². The van der Waals surface area contributed by atoms with Crippen molar-refractivity contribution in [2.24, 2.45) is 11.7 Å². The maximum absolute atomic E-state index is 6.05. The van der Waals surface area contributed by atoms with Gasteiger partial charge >= 0.3 is 0 Å². The summed E-state index contributed by atoms with van der Waals surface area (Å²) in [5.74, 6) is 0.593. The van der Waals surface area contributed by atoms with Crippen molar-refractivity contribution in [3.8, 4) is 0 Å². The SMILES string of the molecule is CN(c1ccnc2cc(Cl)ccc12)C1CCCC1CN. The molecular weight excluding hydrogens is 270 g/mol. The number of anilines is 1. The van der Waals surface area contributed by atoms with Crippen LogP contribution in [0.25, 0.3) is 10.9 Å². The summed E-state index contributed by atoms with van der Waals surface area (Å²) in [5, 5.41) is 1.88. The maximum Gasteiger partial charge on any atom is 0.0737 e. The van der Waals surface area contributed by atoms with Crippen LogP contribution in [0.1, 0.15) is 19.3 Å². The third kappa shape index (κ3) is 2.36. The summed E-state index contributed by atoms with van der Waals surface area (Å²) in [6, 6.07) is 8.52. The third-order valence-corrected chi connectivity index (χ3v) is 4.72. The largest absolute Gasteiger partial charge is 0.371 e. The number of hydrogen-bond acceptors (Lipinski definition) is 3. The smallest absolute Gasteiger partial charge is 0.0737 e. The number of pyridine rings is 1. The molecule has 0 aliphatic heterocycles. The van der Waals surface area contributed by atoms with Crippen LogP contribution < -0.4 is 10.6 Å². The predicted molar refractivity (Wildman–Crippen MR) is 85.3 cm³/mol. The zero-order chi connectivity index (χ0) is 14.1. The molecule has 1 aliphatic carbocycles. The van der Waals surface area contributed by atoms with Crippen LogP contribution in [0.15, 0.2) is 30.5 Å². The molecule has 1 aromatic carbocycles. The Morgan fingerprint density at radius 2 is 2.20 bits per heavy atom. The molecular formula is C16H20ClN3. The van der Waals surface area contributed by atoms with Gasteiger partial charge in [0.1, 0.15) is 0 Å². The Labute approximate surface area is 124 Å². The van der Waals surface area contributed by atoms with Crippen molar-refractivity contribution in [2.75, 3.05) is 18.5 Å². The second kappa shape index (κ2) is 5.58. The lowest BCUT2D eigenvalue weighted by Gasteiger charge is -2.31. The Hall–Kier alpha value is -1.32. The normalized spacial score (nSPS) is 22.4. The van der Waals surface area contributed by atoms with Gasteiger partial charge in [-0.1, -0.05) is 18.0 Å². The molecule has 3 nitrogen and oxygen atoms in total. The number of benzene rings is 1.